The van der Waals surface area contributed by atoms with E-state index in [2.05, 4.69) is 34.7 Å². The van der Waals surface area contributed by atoms with E-state index in [1.54, 1.807) is 4.52 Å². The molecule has 13 heavy (non-hydrogen) atoms. The van der Waals surface area contributed by atoms with E-state index in [4.69, 9.17) is 0 Å². The quantitative estimate of drug-likeness (QED) is 0.741. The first-order chi connectivity index (χ1) is 6.25. The Morgan fingerprint density at radius 1 is 1.38 bits per heavy atom. The van der Waals surface area contributed by atoms with E-state index in [9.17, 15) is 0 Å². The summed E-state index contributed by atoms with van der Waals surface area (Å²) in [5.41, 5.74) is 1.78. The second kappa shape index (κ2) is 3.01. The lowest BCUT2D eigenvalue weighted by molar-refractivity contribution is 0.820. The van der Waals surface area contributed by atoms with Gasteiger partial charge in [0.15, 0.2) is 5.65 Å². The molecule has 0 fully saturated rings. The lowest BCUT2D eigenvalue weighted by atomic mass is 10.3. The van der Waals surface area contributed by atoms with Gasteiger partial charge in [-0.05, 0) is 36.4 Å². The minimum atomic E-state index is 0.411. The number of nitrogens with one attached hydrogen (secondary N) is 1. The standard InChI is InChI=1S/C8H11N5/c1-6(2)9-7-3-4-8-10-11-12-13(8)5-7/h3-6,9H,1-2H3. The fourth-order valence-corrected chi connectivity index (χ4v) is 1.16. The molecular formula is C8H11N5. The number of tetrazole rings is 1. The van der Waals surface area contributed by atoms with E-state index < -0.39 is 0 Å². The Morgan fingerprint density at radius 2 is 2.23 bits per heavy atom. The van der Waals surface area contributed by atoms with Crippen LogP contribution in [0.25, 0.3) is 5.65 Å². The lowest BCUT2D eigenvalue weighted by Gasteiger charge is -2.08. The van der Waals surface area contributed by atoms with Crippen LogP contribution in [-0.2, 0) is 0 Å². The van der Waals surface area contributed by atoms with E-state index in [0.29, 0.717) is 6.04 Å². The van der Waals surface area contributed by atoms with Crippen molar-refractivity contribution < 1.29 is 0 Å². The predicted octanol–water partition coefficient (Wildman–Crippen LogP) is 0.945. The topological polar surface area (TPSA) is 55.1 Å². The van der Waals surface area contributed by atoms with Crippen molar-refractivity contribution in [2.75, 3.05) is 5.32 Å². The number of hydrogen-bond acceptors (Lipinski definition) is 4. The molecule has 0 spiro atoms. The molecule has 0 saturated carbocycles. The summed E-state index contributed by atoms with van der Waals surface area (Å²) in [5, 5.41) is 14.4. The van der Waals surface area contributed by atoms with Gasteiger partial charge < -0.3 is 5.32 Å². The van der Waals surface area contributed by atoms with E-state index in [0.717, 1.165) is 11.3 Å². The normalized spacial score (nSPS) is 11.0. The van der Waals surface area contributed by atoms with Crippen molar-refractivity contribution >= 4 is 11.3 Å². The van der Waals surface area contributed by atoms with Crippen LogP contribution < -0.4 is 5.32 Å². The number of hydrogen-bond donors (Lipinski definition) is 1. The van der Waals surface area contributed by atoms with Gasteiger partial charge in [0.25, 0.3) is 0 Å². The van der Waals surface area contributed by atoms with Crippen molar-refractivity contribution in [3.8, 4) is 0 Å². The number of pyridine rings is 1. The van der Waals surface area contributed by atoms with Crippen LogP contribution in [0.4, 0.5) is 5.69 Å². The molecule has 2 aromatic heterocycles. The third kappa shape index (κ3) is 1.58. The Morgan fingerprint density at radius 3 is 3.00 bits per heavy atom. The SMILES string of the molecule is CC(C)Nc1ccc2nnnn2c1. The van der Waals surface area contributed by atoms with Crippen LogP contribution in [0.3, 0.4) is 0 Å². The molecule has 2 heterocycles. The Balaban J connectivity index is 2.37. The van der Waals surface area contributed by atoms with Gasteiger partial charge in [-0.2, -0.15) is 4.52 Å². The molecule has 0 aromatic carbocycles. The molecule has 2 rings (SSSR count). The van der Waals surface area contributed by atoms with Gasteiger partial charge in [-0.3, -0.25) is 0 Å². The average Bonchev–Trinajstić information content (AvgIpc) is 2.49. The maximum atomic E-state index is 3.81. The molecule has 0 atom stereocenters. The first kappa shape index (κ1) is 7.97. The monoisotopic (exact) mass is 177 g/mol. The predicted molar refractivity (Wildman–Crippen MR) is 49.5 cm³/mol. The van der Waals surface area contributed by atoms with E-state index >= 15 is 0 Å². The summed E-state index contributed by atoms with van der Waals surface area (Å²) >= 11 is 0. The van der Waals surface area contributed by atoms with Crippen molar-refractivity contribution in [3.63, 3.8) is 0 Å². The molecule has 5 heteroatoms. The molecule has 0 unspecified atom stereocenters. The highest BCUT2D eigenvalue weighted by Crippen LogP contribution is 2.08. The number of anilines is 1. The maximum absolute atomic E-state index is 3.81. The summed E-state index contributed by atoms with van der Waals surface area (Å²) < 4.78 is 1.64. The van der Waals surface area contributed by atoms with Gasteiger partial charge in [-0.15, -0.1) is 5.10 Å². The van der Waals surface area contributed by atoms with Gasteiger partial charge in [0, 0.05) is 6.04 Å². The summed E-state index contributed by atoms with van der Waals surface area (Å²) in [5.74, 6) is 0. The Kier molecular flexibility index (Phi) is 1.84. The van der Waals surface area contributed by atoms with Crippen LogP contribution in [0.2, 0.25) is 0 Å². The summed E-state index contributed by atoms with van der Waals surface area (Å²) in [6.45, 7) is 4.17. The smallest absolute Gasteiger partial charge is 0.179 e. The number of nitrogens with zero attached hydrogens (tertiary/aromatic N) is 4. The Labute approximate surface area is 75.8 Å². The third-order valence-corrected chi connectivity index (χ3v) is 1.65. The van der Waals surface area contributed by atoms with Crippen LogP contribution in [0.1, 0.15) is 13.8 Å². The zero-order chi connectivity index (χ0) is 9.26. The summed E-state index contributed by atoms with van der Waals surface area (Å²) in [7, 11) is 0. The number of fused-ring (bicyclic) bond motifs is 1. The molecule has 0 aliphatic heterocycles. The van der Waals surface area contributed by atoms with Gasteiger partial charge in [0.2, 0.25) is 0 Å². The van der Waals surface area contributed by atoms with Crippen molar-refractivity contribution in [1.82, 2.24) is 20.0 Å². The van der Waals surface area contributed by atoms with E-state index in [1.807, 2.05) is 18.3 Å². The molecule has 5 nitrogen and oxygen atoms in total. The second-order valence-electron chi connectivity index (χ2n) is 3.20. The number of aromatic nitrogens is 4. The largest absolute Gasteiger partial charge is 0.382 e. The van der Waals surface area contributed by atoms with Crippen LogP contribution in [-0.4, -0.2) is 26.1 Å². The molecule has 68 valence electrons. The minimum Gasteiger partial charge on any atom is -0.382 e. The van der Waals surface area contributed by atoms with Gasteiger partial charge in [-0.25, -0.2) is 0 Å². The van der Waals surface area contributed by atoms with Crippen LogP contribution in [0, 0.1) is 0 Å². The van der Waals surface area contributed by atoms with E-state index in [-0.39, 0.29) is 0 Å². The fourth-order valence-electron chi connectivity index (χ4n) is 1.16. The molecular weight excluding hydrogens is 166 g/mol. The summed E-state index contributed by atoms with van der Waals surface area (Å²) in [6.07, 6.45) is 1.87. The van der Waals surface area contributed by atoms with Gasteiger partial charge in [0.05, 0.1) is 11.9 Å². The molecule has 0 aliphatic carbocycles. The highest BCUT2D eigenvalue weighted by molar-refractivity contribution is 5.48. The first-order valence-corrected chi connectivity index (χ1v) is 4.20. The minimum absolute atomic E-state index is 0.411. The van der Waals surface area contributed by atoms with Crippen molar-refractivity contribution in [1.29, 1.82) is 0 Å². The molecule has 0 bridgehead atoms. The van der Waals surface area contributed by atoms with Crippen molar-refractivity contribution in [3.05, 3.63) is 18.3 Å². The molecule has 0 aliphatic rings. The molecule has 0 amide bonds. The highest BCUT2D eigenvalue weighted by Gasteiger charge is 1.98. The molecule has 0 radical (unpaired) electrons. The maximum Gasteiger partial charge on any atom is 0.179 e. The van der Waals surface area contributed by atoms with Crippen molar-refractivity contribution in [2.24, 2.45) is 0 Å². The molecule has 0 saturated heterocycles. The zero-order valence-electron chi connectivity index (χ0n) is 7.60. The van der Waals surface area contributed by atoms with Gasteiger partial charge in [-0.1, -0.05) is 0 Å². The first-order valence-electron chi connectivity index (χ1n) is 4.20. The molecule has 2 aromatic rings. The van der Waals surface area contributed by atoms with Crippen LogP contribution in [0.15, 0.2) is 18.3 Å². The zero-order valence-corrected chi connectivity index (χ0v) is 7.60. The van der Waals surface area contributed by atoms with Crippen molar-refractivity contribution in [2.45, 2.75) is 19.9 Å². The van der Waals surface area contributed by atoms with Gasteiger partial charge in [0.1, 0.15) is 0 Å². The van der Waals surface area contributed by atoms with Crippen LogP contribution in [0.5, 0.6) is 0 Å². The fraction of sp³-hybridized carbons (Fsp3) is 0.375. The van der Waals surface area contributed by atoms with Crippen LogP contribution >= 0.6 is 0 Å². The Hall–Kier alpha value is -1.65. The molecule has 1 N–H and O–H groups in total. The highest BCUT2D eigenvalue weighted by atomic mass is 15.5. The second-order valence-corrected chi connectivity index (χ2v) is 3.20. The summed E-state index contributed by atoms with van der Waals surface area (Å²) in [6, 6.07) is 4.25. The lowest BCUT2D eigenvalue weighted by Crippen LogP contribution is -2.10. The van der Waals surface area contributed by atoms with Gasteiger partial charge >= 0.3 is 0 Å². The van der Waals surface area contributed by atoms with E-state index in [1.165, 1.54) is 0 Å². The summed E-state index contributed by atoms with van der Waals surface area (Å²) in [4.78, 5) is 0. The Bertz CT molecular complexity index is 406. The third-order valence-electron chi connectivity index (χ3n) is 1.65. The number of rotatable bonds is 2. The average molecular weight is 177 g/mol.